The second-order valence-corrected chi connectivity index (χ2v) is 9.28. The molecule has 1 aromatic rings. The molecule has 4 aliphatic rings. The first-order chi connectivity index (χ1) is 14.2. The fraction of sp³-hybridized carbons (Fsp3) is 0.696. The fourth-order valence-corrected chi connectivity index (χ4v) is 5.66. The smallest absolute Gasteiger partial charge is 0.226 e. The van der Waals surface area contributed by atoms with Crippen LogP contribution in [0, 0.1) is 29.5 Å². The molecular formula is C23H31FN2O3. The highest BCUT2D eigenvalue weighted by atomic mass is 19.1. The van der Waals surface area contributed by atoms with Crippen molar-refractivity contribution >= 4 is 5.91 Å². The predicted octanol–water partition coefficient (Wildman–Crippen LogP) is 2.72. The molecule has 1 aliphatic carbocycles. The predicted molar refractivity (Wildman–Crippen MR) is 107 cm³/mol. The minimum Gasteiger partial charge on any atom is -0.379 e. The van der Waals surface area contributed by atoms with E-state index in [4.69, 9.17) is 9.47 Å². The second kappa shape index (κ2) is 8.32. The normalized spacial score (nSPS) is 31.5. The van der Waals surface area contributed by atoms with Crippen molar-refractivity contribution in [1.29, 1.82) is 0 Å². The van der Waals surface area contributed by atoms with Crippen molar-refractivity contribution in [2.45, 2.75) is 25.3 Å². The third-order valence-electron chi connectivity index (χ3n) is 7.26. The van der Waals surface area contributed by atoms with E-state index in [2.05, 4.69) is 9.80 Å². The maximum Gasteiger partial charge on any atom is 0.226 e. The first-order valence-electron chi connectivity index (χ1n) is 11.1. The highest BCUT2D eigenvalue weighted by molar-refractivity contribution is 5.80. The Kier molecular flexibility index (Phi) is 5.59. The van der Waals surface area contributed by atoms with Crippen LogP contribution in [0.15, 0.2) is 24.3 Å². The number of halogens is 1. The van der Waals surface area contributed by atoms with E-state index in [9.17, 15) is 9.18 Å². The van der Waals surface area contributed by atoms with Gasteiger partial charge in [-0.25, -0.2) is 4.39 Å². The first-order valence-corrected chi connectivity index (χ1v) is 11.1. The third-order valence-corrected chi connectivity index (χ3v) is 7.26. The molecule has 3 saturated heterocycles. The lowest BCUT2D eigenvalue weighted by atomic mass is 9.83. The van der Waals surface area contributed by atoms with E-state index in [1.165, 1.54) is 6.07 Å². The summed E-state index contributed by atoms with van der Waals surface area (Å²) in [5.41, 5.74) is 0.952. The lowest BCUT2D eigenvalue weighted by molar-refractivity contribution is -0.139. The van der Waals surface area contributed by atoms with Crippen LogP contribution in [0.3, 0.4) is 0 Å². The molecule has 6 heteroatoms. The molecule has 0 N–H and O–H groups in total. The van der Waals surface area contributed by atoms with Gasteiger partial charge in [-0.2, -0.15) is 0 Å². The van der Waals surface area contributed by atoms with Gasteiger partial charge in [0.1, 0.15) is 5.82 Å². The molecule has 5 nitrogen and oxygen atoms in total. The summed E-state index contributed by atoms with van der Waals surface area (Å²) in [6.45, 7) is 6.60. The molecule has 1 saturated carbocycles. The van der Waals surface area contributed by atoms with Crippen LogP contribution in [-0.4, -0.2) is 68.3 Å². The Morgan fingerprint density at radius 1 is 1.10 bits per heavy atom. The highest BCUT2D eigenvalue weighted by Gasteiger charge is 2.50. The topological polar surface area (TPSA) is 42.0 Å². The molecule has 0 bridgehead atoms. The standard InChI is InChI=1S/C23H31FN2O3/c24-20-6-2-5-18(9-20)22-21-13-25(10-16-14-28-7-8-29-15-16)11-19(21)12-26(22)23(27)17-3-1-4-17/h2,5-6,9,16-17,19,21-22H,1,3-4,7-8,10-15H2/t19-,21-,22+/m0/s1. The molecule has 158 valence electrons. The number of amides is 1. The summed E-state index contributed by atoms with van der Waals surface area (Å²) in [6, 6.07) is 6.88. The van der Waals surface area contributed by atoms with Gasteiger partial charge < -0.3 is 19.3 Å². The van der Waals surface area contributed by atoms with Crippen molar-refractivity contribution in [2.75, 3.05) is 52.6 Å². The van der Waals surface area contributed by atoms with Gasteiger partial charge in [0.15, 0.2) is 0 Å². The molecule has 29 heavy (non-hydrogen) atoms. The van der Waals surface area contributed by atoms with Gasteiger partial charge in [-0.1, -0.05) is 18.6 Å². The monoisotopic (exact) mass is 402 g/mol. The van der Waals surface area contributed by atoms with Crippen LogP contribution >= 0.6 is 0 Å². The highest BCUT2D eigenvalue weighted by Crippen LogP contribution is 2.47. The molecule has 0 spiro atoms. The number of hydrogen-bond donors (Lipinski definition) is 0. The van der Waals surface area contributed by atoms with Crippen LogP contribution in [0.5, 0.6) is 0 Å². The average molecular weight is 403 g/mol. The Hall–Kier alpha value is -1.50. The van der Waals surface area contributed by atoms with E-state index < -0.39 is 0 Å². The molecule has 5 rings (SSSR count). The van der Waals surface area contributed by atoms with E-state index >= 15 is 0 Å². The van der Waals surface area contributed by atoms with Gasteiger partial charge in [-0.3, -0.25) is 4.79 Å². The van der Waals surface area contributed by atoms with Gasteiger partial charge in [-0.05, 0) is 36.5 Å². The Morgan fingerprint density at radius 2 is 1.90 bits per heavy atom. The molecule has 1 aromatic carbocycles. The number of fused-ring (bicyclic) bond motifs is 1. The number of ether oxygens (including phenoxy) is 2. The zero-order valence-corrected chi connectivity index (χ0v) is 17.0. The second-order valence-electron chi connectivity index (χ2n) is 9.28. The number of benzene rings is 1. The molecule has 3 aliphatic heterocycles. The fourth-order valence-electron chi connectivity index (χ4n) is 5.66. The number of likely N-dealkylation sites (tertiary alicyclic amines) is 2. The largest absolute Gasteiger partial charge is 0.379 e. The lowest BCUT2D eigenvalue weighted by Crippen LogP contribution is -2.41. The van der Waals surface area contributed by atoms with E-state index in [0.29, 0.717) is 31.0 Å². The third kappa shape index (κ3) is 3.94. The number of nitrogens with zero attached hydrogens (tertiary/aromatic N) is 2. The first kappa shape index (κ1) is 19.5. The Morgan fingerprint density at radius 3 is 2.59 bits per heavy atom. The van der Waals surface area contributed by atoms with E-state index in [1.807, 2.05) is 6.07 Å². The van der Waals surface area contributed by atoms with Crippen LogP contribution in [0.4, 0.5) is 4.39 Å². The van der Waals surface area contributed by atoms with Crippen LogP contribution in [0.1, 0.15) is 30.9 Å². The molecule has 0 aromatic heterocycles. The van der Waals surface area contributed by atoms with Crippen molar-refractivity contribution in [3.05, 3.63) is 35.6 Å². The zero-order valence-electron chi connectivity index (χ0n) is 17.0. The van der Waals surface area contributed by atoms with Crippen molar-refractivity contribution in [3.63, 3.8) is 0 Å². The maximum atomic E-state index is 14.0. The molecular weight excluding hydrogens is 371 g/mol. The SMILES string of the molecule is O=C(C1CCC1)N1C[C@@H]2CN(CC3COCCOC3)C[C@@H]2[C@H]1c1cccc(F)c1. The van der Waals surface area contributed by atoms with Crippen molar-refractivity contribution in [2.24, 2.45) is 23.7 Å². The Balaban J connectivity index is 1.33. The average Bonchev–Trinajstić information content (AvgIpc) is 3.07. The van der Waals surface area contributed by atoms with Crippen LogP contribution in [0.2, 0.25) is 0 Å². The van der Waals surface area contributed by atoms with Crippen LogP contribution in [-0.2, 0) is 14.3 Å². The molecule has 0 unspecified atom stereocenters. The van der Waals surface area contributed by atoms with Gasteiger partial charge in [0.25, 0.3) is 0 Å². The van der Waals surface area contributed by atoms with Gasteiger partial charge in [0, 0.05) is 43.9 Å². The summed E-state index contributed by atoms with van der Waals surface area (Å²) in [5, 5.41) is 0. The Labute approximate surface area is 172 Å². The van der Waals surface area contributed by atoms with Crippen molar-refractivity contribution in [1.82, 2.24) is 9.80 Å². The quantitative estimate of drug-likeness (QED) is 0.777. The molecule has 4 fully saturated rings. The summed E-state index contributed by atoms with van der Waals surface area (Å²) >= 11 is 0. The lowest BCUT2D eigenvalue weighted by Gasteiger charge is -2.35. The minimum absolute atomic E-state index is 0.00423. The summed E-state index contributed by atoms with van der Waals surface area (Å²) < 4.78 is 25.3. The molecule has 3 heterocycles. The number of carbonyl (C=O) groups is 1. The van der Waals surface area contributed by atoms with Crippen molar-refractivity contribution < 1.29 is 18.7 Å². The van der Waals surface area contributed by atoms with Gasteiger partial charge in [0.2, 0.25) is 5.91 Å². The van der Waals surface area contributed by atoms with Crippen molar-refractivity contribution in [3.8, 4) is 0 Å². The van der Waals surface area contributed by atoms with Crippen LogP contribution < -0.4 is 0 Å². The minimum atomic E-state index is -0.218. The van der Waals surface area contributed by atoms with E-state index in [0.717, 1.165) is 64.2 Å². The van der Waals surface area contributed by atoms with E-state index in [-0.39, 0.29) is 23.7 Å². The Bertz CT molecular complexity index is 733. The van der Waals surface area contributed by atoms with Gasteiger partial charge in [0.05, 0.1) is 32.5 Å². The number of carbonyl (C=O) groups excluding carboxylic acids is 1. The summed E-state index contributed by atoms with van der Waals surface area (Å²) in [7, 11) is 0. The summed E-state index contributed by atoms with van der Waals surface area (Å²) in [4.78, 5) is 17.7. The summed E-state index contributed by atoms with van der Waals surface area (Å²) in [5.74, 6) is 1.48. The number of rotatable bonds is 4. The zero-order chi connectivity index (χ0) is 19.8. The molecule has 1 amide bonds. The van der Waals surface area contributed by atoms with Gasteiger partial charge in [-0.15, -0.1) is 0 Å². The maximum absolute atomic E-state index is 14.0. The molecule has 0 radical (unpaired) electrons. The van der Waals surface area contributed by atoms with Gasteiger partial charge >= 0.3 is 0 Å². The van der Waals surface area contributed by atoms with Crippen LogP contribution in [0.25, 0.3) is 0 Å². The molecule has 3 atom stereocenters. The number of hydrogen-bond acceptors (Lipinski definition) is 4. The summed E-state index contributed by atoms with van der Waals surface area (Å²) in [6.07, 6.45) is 3.17. The van der Waals surface area contributed by atoms with E-state index in [1.54, 1.807) is 12.1 Å².